The van der Waals surface area contributed by atoms with Gasteiger partial charge in [-0.05, 0) is 37.3 Å². The lowest BCUT2D eigenvalue weighted by Gasteiger charge is -2.27. The van der Waals surface area contributed by atoms with Crippen molar-refractivity contribution in [3.8, 4) is 0 Å². The van der Waals surface area contributed by atoms with Crippen LogP contribution < -0.4 is 10.6 Å². The maximum atomic E-state index is 12.5. The number of benzene rings is 1. The Bertz CT molecular complexity index is 827. The van der Waals surface area contributed by atoms with Gasteiger partial charge >= 0.3 is 6.03 Å². The van der Waals surface area contributed by atoms with Gasteiger partial charge in [-0.15, -0.1) is 0 Å². The Labute approximate surface area is 167 Å². The van der Waals surface area contributed by atoms with Crippen LogP contribution >= 0.6 is 0 Å². The molecule has 1 aliphatic rings. The number of para-hydroxylation sites is 1. The number of aromatic amines is 1. The smallest absolute Gasteiger partial charge is 0.318 e. The first kappa shape index (κ1) is 20.2. The van der Waals surface area contributed by atoms with E-state index >= 15 is 0 Å². The summed E-state index contributed by atoms with van der Waals surface area (Å²) >= 11 is 0. The fourth-order valence-corrected chi connectivity index (χ4v) is 3.86. The van der Waals surface area contributed by atoms with Gasteiger partial charge in [-0.1, -0.05) is 44.9 Å². The maximum Gasteiger partial charge on any atom is 0.318 e. The zero-order valence-corrected chi connectivity index (χ0v) is 17.2. The van der Waals surface area contributed by atoms with Crippen molar-refractivity contribution >= 4 is 22.8 Å². The second-order valence-corrected chi connectivity index (χ2v) is 8.25. The molecular weight excluding hydrogens is 352 g/mol. The summed E-state index contributed by atoms with van der Waals surface area (Å²) in [5, 5.41) is 6.96. The summed E-state index contributed by atoms with van der Waals surface area (Å²) in [5.74, 6) is 0.554. The first-order chi connectivity index (χ1) is 13.4. The summed E-state index contributed by atoms with van der Waals surface area (Å²) in [6, 6.07) is 8.17. The number of carbonyl (C=O) groups is 2. The summed E-state index contributed by atoms with van der Waals surface area (Å²) in [7, 11) is 0. The quantitative estimate of drug-likeness (QED) is 0.682. The van der Waals surface area contributed by atoms with Gasteiger partial charge in [0.25, 0.3) is 0 Å². The van der Waals surface area contributed by atoms with E-state index in [0.29, 0.717) is 19.0 Å². The van der Waals surface area contributed by atoms with Gasteiger partial charge in [0.1, 0.15) is 0 Å². The van der Waals surface area contributed by atoms with Crippen LogP contribution in [0.25, 0.3) is 10.9 Å². The molecule has 0 fully saturated rings. The number of nitrogens with one attached hydrogen (secondary N) is 3. The molecule has 0 radical (unpaired) electrons. The molecule has 0 spiro atoms. The monoisotopic (exact) mass is 384 g/mol. The maximum absolute atomic E-state index is 12.5. The average Bonchev–Trinajstić information content (AvgIpc) is 3.03. The molecule has 3 rings (SSSR count). The van der Waals surface area contributed by atoms with Crippen LogP contribution in [-0.4, -0.2) is 41.0 Å². The molecule has 0 saturated carbocycles. The first-order valence-corrected chi connectivity index (χ1v) is 10.3. The third-order valence-electron chi connectivity index (χ3n) is 5.40. The van der Waals surface area contributed by atoms with Crippen LogP contribution in [0.1, 0.15) is 51.3 Å². The Kier molecular flexibility index (Phi) is 6.60. The highest BCUT2D eigenvalue weighted by Crippen LogP contribution is 2.27. The molecule has 3 N–H and O–H groups in total. The number of fused-ring (bicyclic) bond motifs is 3. The van der Waals surface area contributed by atoms with Crippen LogP contribution in [0.2, 0.25) is 0 Å². The fraction of sp³-hybridized carbons (Fsp3) is 0.545. The summed E-state index contributed by atoms with van der Waals surface area (Å²) in [6.45, 7) is 7.65. The summed E-state index contributed by atoms with van der Waals surface area (Å²) in [5.41, 5.74) is 3.50. The van der Waals surface area contributed by atoms with Gasteiger partial charge in [0.2, 0.25) is 5.91 Å². The highest BCUT2D eigenvalue weighted by atomic mass is 16.2. The van der Waals surface area contributed by atoms with Crippen molar-refractivity contribution in [1.29, 1.82) is 0 Å². The number of nitrogens with zero attached hydrogens (tertiary/aromatic N) is 1. The second-order valence-electron chi connectivity index (χ2n) is 8.25. The molecule has 3 amide bonds. The minimum Gasteiger partial charge on any atom is -0.357 e. The highest BCUT2D eigenvalue weighted by molar-refractivity contribution is 5.86. The van der Waals surface area contributed by atoms with Crippen molar-refractivity contribution in [2.45, 2.75) is 59.0 Å². The zero-order chi connectivity index (χ0) is 20.1. The van der Waals surface area contributed by atoms with E-state index < -0.39 is 0 Å². The van der Waals surface area contributed by atoms with E-state index in [2.05, 4.69) is 41.6 Å². The third-order valence-corrected chi connectivity index (χ3v) is 5.40. The highest BCUT2D eigenvalue weighted by Gasteiger charge is 2.24. The van der Waals surface area contributed by atoms with Crippen molar-refractivity contribution in [3.63, 3.8) is 0 Å². The lowest BCUT2D eigenvalue weighted by molar-refractivity contribution is -0.120. The van der Waals surface area contributed by atoms with Crippen molar-refractivity contribution in [2.75, 3.05) is 13.1 Å². The van der Waals surface area contributed by atoms with Crippen LogP contribution in [0.15, 0.2) is 24.3 Å². The molecule has 2 heterocycles. The first-order valence-electron chi connectivity index (χ1n) is 10.3. The molecule has 1 atom stereocenters. The zero-order valence-electron chi connectivity index (χ0n) is 17.2. The number of hydrogen-bond acceptors (Lipinski definition) is 2. The Morgan fingerprint density at radius 1 is 1.18 bits per heavy atom. The largest absolute Gasteiger partial charge is 0.357 e. The van der Waals surface area contributed by atoms with Gasteiger partial charge in [-0.3, -0.25) is 4.79 Å². The molecule has 6 nitrogen and oxygen atoms in total. The fourth-order valence-electron chi connectivity index (χ4n) is 3.86. The molecule has 28 heavy (non-hydrogen) atoms. The Morgan fingerprint density at radius 2 is 1.96 bits per heavy atom. The minimum absolute atomic E-state index is 0.0173. The molecule has 152 valence electrons. The molecule has 1 aromatic carbocycles. The predicted octanol–water partition coefficient (Wildman–Crippen LogP) is 3.57. The standard InChI is InChI=1S/C22H32N4O2/c1-15(2)7-6-8-16(3)24-21(27)13-23-22(28)26-12-11-18-17-9-4-5-10-19(17)25-20(18)14-26/h4-5,9-10,15-16,25H,6-8,11-14H2,1-3H3,(H,23,28)(H,24,27). The van der Waals surface area contributed by atoms with E-state index in [1.165, 1.54) is 17.4 Å². The van der Waals surface area contributed by atoms with Crippen LogP contribution in [0.3, 0.4) is 0 Å². The number of amides is 3. The number of hydrogen-bond donors (Lipinski definition) is 3. The van der Waals surface area contributed by atoms with Gasteiger partial charge in [0, 0.05) is 29.2 Å². The van der Waals surface area contributed by atoms with Crippen molar-refractivity contribution in [3.05, 3.63) is 35.5 Å². The molecule has 1 aliphatic heterocycles. The molecule has 0 saturated heterocycles. The molecule has 1 aromatic heterocycles. The number of aromatic nitrogens is 1. The van der Waals surface area contributed by atoms with Gasteiger partial charge in [0.15, 0.2) is 0 Å². The summed E-state index contributed by atoms with van der Waals surface area (Å²) < 4.78 is 0. The van der Waals surface area contributed by atoms with E-state index in [1.54, 1.807) is 4.90 Å². The Morgan fingerprint density at radius 3 is 2.75 bits per heavy atom. The SMILES string of the molecule is CC(C)CCCC(C)NC(=O)CNC(=O)N1CCc2c([nH]c3ccccc23)C1. The van der Waals surface area contributed by atoms with E-state index in [4.69, 9.17) is 0 Å². The van der Waals surface area contributed by atoms with Crippen LogP contribution in [-0.2, 0) is 17.8 Å². The number of rotatable bonds is 7. The minimum atomic E-state index is -0.188. The van der Waals surface area contributed by atoms with Crippen LogP contribution in [0, 0.1) is 5.92 Å². The number of carbonyl (C=O) groups excluding carboxylic acids is 2. The van der Waals surface area contributed by atoms with E-state index in [9.17, 15) is 9.59 Å². The molecule has 0 aliphatic carbocycles. The molecule has 6 heteroatoms. The normalized spacial score (nSPS) is 14.8. The van der Waals surface area contributed by atoms with Crippen molar-refractivity contribution in [1.82, 2.24) is 20.5 Å². The molecule has 0 bridgehead atoms. The van der Waals surface area contributed by atoms with E-state index in [-0.39, 0.29) is 24.5 Å². The second kappa shape index (κ2) is 9.13. The summed E-state index contributed by atoms with van der Waals surface area (Å²) in [6.07, 6.45) is 4.06. The lowest BCUT2D eigenvalue weighted by atomic mass is 10.0. The van der Waals surface area contributed by atoms with Crippen LogP contribution in [0.4, 0.5) is 4.79 Å². The molecule has 2 aromatic rings. The van der Waals surface area contributed by atoms with E-state index in [1.807, 2.05) is 19.1 Å². The van der Waals surface area contributed by atoms with Crippen molar-refractivity contribution < 1.29 is 9.59 Å². The molecular formula is C22H32N4O2. The Balaban J connectivity index is 1.44. The number of urea groups is 1. The number of H-pyrrole nitrogens is 1. The van der Waals surface area contributed by atoms with Crippen LogP contribution in [0.5, 0.6) is 0 Å². The average molecular weight is 385 g/mol. The van der Waals surface area contributed by atoms with Gasteiger partial charge in [0.05, 0.1) is 13.1 Å². The van der Waals surface area contributed by atoms with Gasteiger partial charge < -0.3 is 20.5 Å². The van der Waals surface area contributed by atoms with Crippen molar-refractivity contribution in [2.24, 2.45) is 5.92 Å². The van der Waals surface area contributed by atoms with E-state index in [0.717, 1.165) is 30.5 Å². The Hall–Kier alpha value is -2.50. The lowest BCUT2D eigenvalue weighted by Crippen LogP contribution is -2.47. The third kappa shape index (κ3) is 5.06. The molecule has 1 unspecified atom stereocenters. The summed E-state index contributed by atoms with van der Waals surface area (Å²) in [4.78, 5) is 29.8. The predicted molar refractivity (Wildman–Crippen MR) is 112 cm³/mol. The van der Waals surface area contributed by atoms with Gasteiger partial charge in [-0.2, -0.15) is 0 Å². The van der Waals surface area contributed by atoms with Gasteiger partial charge in [-0.25, -0.2) is 4.79 Å². The topological polar surface area (TPSA) is 77.2 Å².